The predicted molar refractivity (Wildman–Crippen MR) is 195 cm³/mol. The molecule has 0 radical (unpaired) electrons. The topological polar surface area (TPSA) is 79.2 Å². The Balaban J connectivity index is 1.18. The van der Waals surface area contributed by atoms with Crippen LogP contribution in [0.2, 0.25) is 5.02 Å². The van der Waals surface area contributed by atoms with Crippen molar-refractivity contribution in [2.24, 2.45) is 0 Å². The van der Waals surface area contributed by atoms with Crippen LogP contribution in [0, 0.1) is 0 Å². The maximum Gasteiger partial charge on any atom is 0.143 e. The van der Waals surface area contributed by atoms with Crippen molar-refractivity contribution in [2.45, 2.75) is 42.5 Å². The Morgan fingerprint density at radius 3 is 1.76 bits per heavy atom. The molecule has 5 nitrogen and oxygen atoms in total. The molecule has 5 aromatic carbocycles. The molecule has 0 aliphatic carbocycles. The first-order chi connectivity index (χ1) is 23.9. The molecule has 3 N–H and O–H groups in total. The van der Waals surface area contributed by atoms with Gasteiger partial charge in [-0.3, -0.25) is 0 Å². The van der Waals surface area contributed by atoms with Crippen LogP contribution in [-0.4, -0.2) is 46.3 Å². The van der Waals surface area contributed by atoms with E-state index >= 15 is 0 Å². The fourth-order valence-corrected chi connectivity index (χ4v) is 7.89. The lowest BCUT2D eigenvalue weighted by atomic mass is 9.80. The van der Waals surface area contributed by atoms with Crippen molar-refractivity contribution in [1.82, 2.24) is 0 Å². The highest BCUT2D eigenvalue weighted by Crippen LogP contribution is 2.42. The molecule has 49 heavy (non-hydrogen) atoms. The quantitative estimate of drug-likeness (QED) is 0.127. The van der Waals surface area contributed by atoms with E-state index in [9.17, 15) is 15.3 Å². The Bertz CT molecular complexity index is 1850. The van der Waals surface area contributed by atoms with E-state index in [1.54, 1.807) is 23.5 Å². The summed E-state index contributed by atoms with van der Waals surface area (Å²) in [4.78, 5) is 2.32. The number of thiophene rings is 1. The lowest BCUT2D eigenvalue weighted by molar-refractivity contribution is -0.240. The van der Waals surface area contributed by atoms with Crippen LogP contribution in [0.3, 0.4) is 0 Å². The number of hydrogen-bond donors (Lipinski definition) is 3. The van der Waals surface area contributed by atoms with Crippen LogP contribution in [0.25, 0.3) is 10.4 Å². The van der Waals surface area contributed by atoms with E-state index < -0.39 is 36.1 Å². The molecule has 1 saturated heterocycles. The lowest BCUT2D eigenvalue weighted by Crippen LogP contribution is -2.56. The zero-order valence-electron chi connectivity index (χ0n) is 26.7. The Morgan fingerprint density at radius 1 is 0.633 bits per heavy atom. The van der Waals surface area contributed by atoms with Crippen LogP contribution >= 0.6 is 22.9 Å². The van der Waals surface area contributed by atoms with Gasteiger partial charge < -0.3 is 24.8 Å². The monoisotopic (exact) mass is 688 g/mol. The molecule has 2 heterocycles. The van der Waals surface area contributed by atoms with Crippen LogP contribution in [-0.2, 0) is 21.5 Å². The molecule has 0 bridgehead atoms. The lowest BCUT2D eigenvalue weighted by Gasteiger charge is -2.43. The third-order valence-corrected chi connectivity index (χ3v) is 10.7. The van der Waals surface area contributed by atoms with E-state index in [-0.39, 0.29) is 6.61 Å². The van der Waals surface area contributed by atoms with Gasteiger partial charge in [-0.1, -0.05) is 145 Å². The first-order valence-corrected chi connectivity index (χ1v) is 17.6. The van der Waals surface area contributed by atoms with E-state index in [1.165, 1.54) is 4.88 Å². The maximum atomic E-state index is 11.2. The molecule has 0 unspecified atom stereocenters. The van der Waals surface area contributed by atoms with Crippen LogP contribution in [0.4, 0.5) is 0 Å². The highest BCUT2D eigenvalue weighted by Gasteiger charge is 2.46. The van der Waals surface area contributed by atoms with Gasteiger partial charge in [0.25, 0.3) is 0 Å². The van der Waals surface area contributed by atoms with Gasteiger partial charge in [-0.2, -0.15) is 0 Å². The summed E-state index contributed by atoms with van der Waals surface area (Å²) in [5, 5.41) is 34.2. The molecular formula is C42H37ClO5S. The molecule has 248 valence electrons. The van der Waals surface area contributed by atoms with Crippen LogP contribution in [0.1, 0.15) is 38.8 Å². The molecule has 7 rings (SSSR count). The van der Waals surface area contributed by atoms with E-state index in [2.05, 4.69) is 24.3 Å². The molecule has 7 heteroatoms. The third-order valence-electron chi connectivity index (χ3n) is 9.20. The average molecular weight is 689 g/mol. The first kappa shape index (κ1) is 33.4. The maximum absolute atomic E-state index is 11.2. The Morgan fingerprint density at radius 2 is 1.18 bits per heavy atom. The minimum atomic E-state index is -1.46. The van der Waals surface area contributed by atoms with Gasteiger partial charge in [0.05, 0.1) is 6.61 Å². The number of benzene rings is 5. The molecule has 5 atom stereocenters. The minimum absolute atomic E-state index is 0.0714. The van der Waals surface area contributed by atoms with Gasteiger partial charge in [0.15, 0.2) is 0 Å². The van der Waals surface area contributed by atoms with Crippen molar-refractivity contribution in [1.29, 1.82) is 0 Å². The molecule has 6 aromatic rings. The third kappa shape index (κ3) is 6.87. The summed E-state index contributed by atoms with van der Waals surface area (Å²) in [6.07, 6.45) is -5.50. The summed E-state index contributed by atoms with van der Waals surface area (Å²) in [7, 11) is 0. The number of hydrogen-bond acceptors (Lipinski definition) is 6. The van der Waals surface area contributed by atoms with Gasteiger partial charge in [0, 0.05) is 21.2 Å². The predicted octanol–water partition coefficient (Wildman–Crippen LogP) is 8.19. The fourth-order valence-electron chi connectivity index (χ4n) is 6.66. The largest absolute Gasteiger partial charge is 0.388 e. The summed E-state index contributed by atoms with van der Waals surface area (Å²) in [6, 6.07) is 49.8. The molecule has 1 aliphatic rings. The van der Waals surface area contributed by atoms with E-state index in [0.29, 0.717) is 17.0 Å². The summed E-state index contributed by atoms with van der Waals surface area (Å²) in [6.45, 7) is -0.0714. The molecule has 1 aliphatic heterocycles. The molecule has 0 amide bonds. The second kappa shape index (κ2) is 14.8. The zero-order chi connectivity index (χ0) is 33.8. The molecule has 0 saturated carbocycles. The molecule has 1 aromatic heterocycles. The normalized spacial score (nSPS) is 21.0. The summed E-state index contributed by atoms with van der Waals surface area (Å²) in [5.74, 6) is 0. The van der Waals surface area contributed by atoms with Crippen molar-refractivity contribution < 1.29 is 24.8 Å². The van der Waals surface area contributed by atoms with E-state index in [1.807, 2.05) is 115 Å². The van der Waals surface area contributed by atoms with Crippen LogP contribution < -0.4 is 0 Å². The van der Waals surface area contributed by atoms with Gasteiger partial charge in [0.1, 0.15) is 36.1 Å². The molecular weight excluding hydrogens is 652 g/mol. The number of ether oxygens (including phenoxy) is 2. The Labute approximate surface area is 295 Å². The van der Waals surface area contributed by atoms with Crippen molar-refractivity contribution in [3.63, 3.8) is 0 Å². The van der Waals surface area contributed by atoms with Crippen LogP contribution in [0.15, 0.2) is 152 Å². The van der Waals surface area contributed by atoms with Crippen LogP contribution in [0.5, 0.6) is 0 Å². The summed E-state index contributed by atoms with van der Waals surface area (Å²) in [5.41, 5.74) is 4.36. The number of aliphatic hydroxyl groups is 3. The van der Waals surface area contributed by atoms with Crippen molar-refractivity contribution in [2.75, 3.05) is 6.61 Å². The smallest absolute Gasteiger partial charge is 0.143 e. The zero-order valence-corrected chi connectivity index (χ0v) is 28.3. The second-order valence-corrected chi connectivity index (χ2v) is 13.9. The first-order valence-electron chi connectivity index (χ1n) is 16.4. The Kier molecular flexibility index (Phi) is 10.1. The second-order valence-electron chi connectivity index (χ2n) is 12.3. The van der Waals surface area contributed by atoms with Gasteiger partial charge in [0.2, 0.25) is 0 Å². The van der Waals surface area contributed by atoms with Gasteiger partial charge >= 0.3 is 0 Å². The highest BCUT2D eigenvalue weighted by atomic mass is 35.5. The van der Waals surface area contributed by atoms with Crippen molar-refractivity contribution >= 4 is 22.9 Å². The standard InChI is InChI=1S/C42H37ClO5S/c43-35-23-21-29(25-30(35)26-34-22-24-37(49-34)28-13-5-1-6-14-28)41-40(46)39(45)38(44)36(48-41)27-47-42(31-15-7-2-8-16-31,32-17-9-3-10-18-32)33-19-11-4-12-20-33/h1-25,36,38-41,44-46H,26-27H2/t36-,38-,39+,40-,41+/m1/s1. The number of halogens is 1. The minimum Gasteiger partial charge on any atom is -0.388 e. The van der Waals surface area contributed by atoms with E-state index in [4.69, 9.17) is 21.1 Å². The fraction of sp³-hybridized carbons (Fsp3) is 0.190. The summed E-state index contributed by atoms with van der Waals surface area (Å²) >= 11 is 8.40. The van der Waals surface area contributed by atoms with Crippen molar-refractivity contribution in [3.8, 4) is 10.4 Å². The SMILES string of the molecule is O[C@@H]1[C@@H](O)[C@H](c2ccc(Cl)c(Cc3ccc(-c4ccccc4)s3)c2)O[C@H](COC(c2ccccc2)(c2ccccc2)c2ccccc2)[C@H]1O. The highest BCUT2D eigenvalue weighted by molar-refractivity contribution is 7.15. The Hall–Kier alpha value is -4.11. The number of rotatable bonds is 10. The molecule has 0 spiro atoms. The molecule has 1 fully saturated rings. The average Bonchev–Trinajstić information content (AvgIpc) is 3.63. The van der Waals surface area contributed by atoms with Gasteiger partial charge in [-0.15, -0.1) is 11.3 Å². The van der Waals surface area contributed by atoms with Crippen molar-refractivity contribution in [3.05, 3.63) is 189 Å². The van der Waals surface area contributed by atoms with Gasteiger partial charge in [-0.05, 0) is 51.6 Å². The number of aliphatic hydroxyl groups excluding tert-OH is 3. The summed E-state index contributed by atoms with van der Waals surface area (Å²) < 4.78 is 13.4. The van der Waals surface area contributed by atoms with Gasteiger partial charge in [-0.25, -0.2) is 0 Å². The van der Waals surface area contributed by atoms with E-state index in [0.717, 1.165) is 32.7 Å².